The summed E-state index contributed by atoms with van der Waals surface area (Å²) < 4.78 is 8.03. The maximum atomic E-state index is 5.78. The van der Waals surface area contributed by atoms with Crippen LogP contribution in [0.5, 0.6) is 5.75 Å². The molecule has 2 heterocycles. The van der Waals surface area contributed by atoms with E-state index < -0.39 is 0 Å². The molecule has 1 aliphatic rings. The third-order valence-corrected chi connectivity index (χ3v) is 3.39. The summed E-state index contributed by atoms with van der Waals surface area (Å²) in [5.41, 5.74) is 1.22. The number of rotatable bonds is 4. The normalized spacial score (nSPS) is 13.7. The van der Waals surface area contributed by atoms with Gasteiger partial charge in [0, 0.05) is 19.5 Å². The Balaban J connectivity index is 1.59. The zero-order valence-corrected chi connectivity index (χ0v) is 11.2. The first-order valence-corrected chi connectivity index (χ1v) is 6.81. The molecule has 1 N–H and O–H groups in total. The highest BCUT2D eigenvalue weighted by Crippen LogP contribution is 2.17. The lowest BCUT2D eigenvalue weighted by Crippen LogP contribution is -2.19. The van der Waals surface area contributed by atoms with E-state index in [4.69, 9.17) is 4.74 Å². The number of nitrogens with one attached hydrogen (secondary N) is 1. The molecule has 2 aromatic rings. The van der Waals surface area contributed by atoms with Crippen LogP contribution in [0.4, 0.5) is 5.82 Å². The van der Waals surface area contributed by atoms with Crippen molar-refractivity contribution < 1.29 is 4.74 Å². The number of imidazole rings is 1. The Morgan fingerprint density at radius 2 is 2.37 bits per heavy atom. The Labute approximate surface area is 113 Å². The van der Waals surface area contributed by atoms with Gasteiger partial charge in [0.2, 0.25) is 0 Å². The number of aromatic nitrogens is 2. The van der Waals surface area contributed by atoms with Crippen molar-refractivity contribution in [2.75, 3.05) is 18.5 Å². The Morgan fingerprint density at radius 1 is 1.42 bits per heavy atom. The number of anilines is 1. The molecular weight excluding hydrogens is 238 g/mol. The van der Waals surface area contributed by atoms with Gasteiger partial charge in [-0.3, -0.25) is 0 Å². The van der Waals surface area contributed by atoms with Crippen molar-refractivity contribution in [2.24, 2.45) is 0 Å². The number of ether oxygens (including phenoxy) is 1. The molecule has 4 nitrogen and oxygen atoms in total. The number of hydrogen-bond acceptors (Lipinski definition) is 3. The van der Waals surface area contributed by atoms with Crippen LogP contribution in [0.25, 0.3) is 0 Å². The first-order valence-electron chi connectivity index (χ1n) is 6.81. The average Bonchev–Trinajstić information content (AvgIpc) is 2.83. The van der Waals surface area contributed by atoms with E-state index in [1.54, 1.807) is 0 Å². The lowest BCUT2D eigenvalue weighted by atomic mass is 10.2. The van der Waals surface area contributed by atoms with E-state index in [9.17, 15) is 0 Å². The van der Waals surface area contributed by atoms with Gasteiger partial charge in [0.15, 0.2) is 0 Å². The van der Waals surface area contributed by atoms with Gasteiger partial charge < -0.3 is 14.6 Å². The summed E-state index contributed by atoms with van der Waals surface area (Å²) in [6.45, 7) is 4.84. The van der Waals surface area contributed by atoms with Gasteiger partial charge in [0.1, 0.15) is 17.4 Å². The molecule has 0 radical (unpaired) electrons. The van der Waals surface area contributed by atoms with Crippen molar-refractivity contribution in [1.29, 1.82) is 0 Å². The molecule has 1 aromatic carbocycles. The third kappa shape index (κ3) is 2.72. The quantitative estimate of drug-likeness (QED) is 0.915. The maximum Gasteiger partial charge on any atom is 0.126 e. The zero-order chi connectivity index (χ0) is 13.1. The van der Waals surface area contributed by atoms with E-state index in [0.717, 1.165) is 43.3 Å². The number of hydrogen-bond donors (Lipinski definition) is 1. The second kappa shape index (κ2) is 5.34. The molecule has 0 fully saturated rings. The summed E-state index contributed by atoms with van der Waals surface area (Å²) in [4.78, 5) is 4.47. The smallest absolute Gasteiger partial charge is 0.126 e. The van der Waals surface area contributed by atoms with Crippen LogP contribution >= 0.6 is 0 Å². The van der Waals surface area contributed by atoms with Crippen LogP contribution in [-0.4, -0.2) is 22.7 Å². The summed E-state index contributed by atoms with van der Waals surface area (Å²) in [7, 11) is 0. The number of aryl methyl sites for hydroxylation is 1. The van der Waals surface area contributed by atoms with Crippen molar-refractivity contribution in [3.8, 4) is 5.75 Å². The van der Waals surface area contributed by atoms with Crippen molar-refractivity contribution in [3.63, 3.8) is 0 Å². The molecule has 0 aliphatic carbocycles. The van der Waals surface area contributed by atoms with Gasteiger partial charge in [-0.25, -0.2) is 4.98 Å². The summed E-state index contributed by atoms with van der Waals surface area (Å²) in [5.74, 6) is 3.18. The minimum absolute atomic E-state index is 0.667. The topological polar surface area (TPSA) is 39.1 Å². The highest BCUT2D eigenvalue weighted by atomic mass is 16.5. The molecule has 3 rings (SSSR count). The fourth-order valence-corrected chi connectivity index (χ4v) is 2.42. The average molecular weight is 257 g/mol. The van der Waals surface area contributed by atoms with E-state index in [1.165, 1.54) is 5.56 Å². The van der Waals surface area contributed by atoms with Crippen molar-refractivity contribution in [1.82, 2.24) is 9.55 Å². The van der Waals surface area contributed by atoms with E-state index in [0.29, 0.717) is 6.61 Å². The van der Waals surface area contributed by atoms with Crippen LogP contribution in [0, 0.1) is 6.92 Å². The predicted octanol–water partition coefficient (Wildman–Crippen LogP) is 2.63. The first kappa shape index (κ1) is 12.1. The van der Waals surface area contributed by atoms with E-state index >= 15 is 0 Å². The second-order valence-corrected chi connectivity index (χ2v) is 4.91. The van der Waals surface area contributed by atoms with Gasteiger partial charge in [0.25, 0.3) is 0 Å². The van der Waals surface area contributed by atoms with Crippen LogP contribution in [0.3, 0.4) is 0 Å². The molecule has 0 spiro atoms. The number of nitrogens with zero attached hydrogens (tertiary/aromatic N) is 2. The fourth-order valence-electron chi connectivity index (χ4n) is 2.42. The standard InChI is InChI=1S/C15H19N3O/c1-12-4-2-5-13(10-12)19-9-6-14-17-11-15-16-7-3-8-18(14)15/h2,4-5,10-11,16H,3,6-9H2,1H3. The Bertz CT molecular complexity index is 562. The lowest BCUT2D eigenvalue weighted by Gasteiger charge is -2.18. The van der Waals surface area contributed by atoms with E-state index in [1.807, 2.05) is 18.3 Å². The van der Waals surface area contributed by atoms with Gasteiger partial charge in [-0.2, -0.15) is 0 Å². The van der Waals surface area contributed by atoms with Gasteiger partial charge in [-0.15, -0.1) is 0 Å². The van der Waals surface area contributed by atoms with Crippen LogP contribution < -0.4 is 10.1 Å². The van der Waals surface area contributed by atoms with Crippen LogP contribution in [0.1, 0.15) is 17.8 Å². The van der Waals surface area contributed by atoms with Crippen molar-refractivity contribution in [3.05, 3.63) is 41.9 Å². The largest absolute Gasteiger partial charge is 0.493 e. The number of benzene rings is 1. The molecule has 0 bridgehead atoms. The third-order valence-electron chi connectivity index (χ3n) is 3.39. The molecule has 19 heavy (non-hydrogen) atoms. The SMILES string of the molecule is Cc1cccc(OCCc2ncc3n2CCCN3)c1. The molecule has 0 saturated carbocycles. The van der Waals surface area contributed by atoms with Crippen LogP contribution in [0.2, 0.25) is 0 Å². The van der Waals surface area contributed by atoms with Gasteiger partial charge in [-0.1, -0.05) is 12.1 Å². The summed E-state index contributed by atoms with van der Waals surface area (Å²) in [6.07, 6.45) is 3.92. The molecule has 0 saturated heterocycles. The molecule has 100 valence electrons. The van der Waals surface area contributed by atoms with E-state index in [-0.39, 0.29) is 0 Å². The summed E-state index contributed by atoms with van der Waals surface area (Å²) in [5, 5.41) is 3.36. The maximum absolute atomic E-state index is 5.78. The summed E-state index contributed by atoms with van der Waals surface area (Å²) in [6, 6.07) is 8.15. The van der Waals surface area contributed by atoms with Gasteiger partial charge >= 0.3 is 0 Å². The monoisotopic (exact) mass is 257 g/mol. The second-order valence-electron chi connectivity index (χ2n) is 4.91. The number of fused-ring (bicyclic) bond motifs is 1. The van der Waals surface area contributed by atoms with Gasteiger partial charge in [-0.05, 0) is 31.0 Å². The molecule has 1 aromatic heterocycles. The van der Waals surface area contributed by atoms with Crippen LogP contribution in [0.15, 0.2) is 30.5 Å². The first-order chi connectivity index (χ1) is 9.33. The Kier molecular flexibility index (Phi) is 3.40. The Morgan fingerprint density at radius 3 is 3.26 bits per heavy atom. The lowest BCUT2D eigenvalue weighted by molar-refractivity contribution is 0.316. The Hall–Kier alpha value is -1.97. The molecule has 4 heteroatoms. The molecule has 0 atom stereocenters. The molecular formula is C15H19N3O. The van der Waals surface area contributed by atoms with Gasteiger partial charge in [0.05, 0.1) is 12.8 Å². The summed E-state index contributed by atoms with van der Waals surface area (Å²) >= 11 is 0. The van der Waals surface area contributed by atoms with E-state index in [2.05, 4.69) is 33.9 Å². The van der Waals surface area contributed by atoms with Crippen molar-refractivity contribution in [2.45, 2.75) is 26.3 Å². The van der Waals surface area contributed by atoms with Crippen LogP contribution in [-0.2, 0) is 13.0 Å². The molecule has 1 aliphatic heterocycles. The highest BCUT2D eigenvalue weighted by Gasteiger charge is 2.12. The van der Waals surface area contributed by atoms with Crippen molar-refractivity contribution >= 4 is 5.82 Å². The minimum Gasteiger partial charge on any atom is -0.493 e. The predicted molar refractivity (Wildman–Crippen MR) is 75.7 cm³/mol. The fraction of sp³-hybridized carbons (Fsp3) is 0.400. The molecule has 0 amide bonds. The minimum atomic E-state index is 0.667. The molecule has 0 unspecified atom stereocenters. The highest BCUT2D eigenvalue weighted by molar-refractivity contribution is 5.36. The zero-order valence-electron chi connectivity index (χ0n) is 11.2.